The topological polar surface area (TPSA) is 17.1 Å². The van der Waals surface area contributed by atoms with Gasteiger partial charge in [-0.1, -0.05) is 13.8 Å². The van der Waals surface area contributed by atoms with Gasteiger partial charge in [0.05, 0.1) is 0 Å². The van der Waals surface area contributed by atoms with Crippen LogP contribution in [0.3, 0.4) is 0 Å². The Kier molecular flexibility index (Phi) is 3.27. The fourth-order valence-corrected chi connectivity index (χ4v) is 7.32. The van der Waals surface area contributed by atoms with Crippen molar-refractivity contribution in [3.63, 3.8) is 0 Å². The van der Waals surface area contributed by atoms with Gasteiger partial charge in [0.2, 0.25) is 0 Å². The Morgan fingerprint density at radius 3 is 2.55 bits per heavy atom. The van der Waals surface area contributed by atoms with Crippen LogP contribution in [0.1, 0.15) is 71.6 Å². The van der Waals surface area contributed by atoms with E-state index >= 15 is 0 Å². The predicted molar refractivity (Wildman–Crippen MR) is 89.1 cm³/mol. The van der Waals surface area contributed by atoms with Crippen LogP contribution in [-0.2, 0) is 4.79 Å². The maximum atomic E-state index is 11.9. The fourth-order valence-electron chi connectivity index (χ4n) is 7.32. The lowest BCUT2D eigenvalue weighted by molar-refractivity contribution is -0.138. The van der Waals surface area contributed by atoms with Gasteiger partial charge in [-0.15, -0.1) is 12.3 Å². The molecule has 4 aliphatic carbocycles. The Hall–Kier alpha value is -0.770. The summed E-state index contributed by atoms with van der Waals surface area (Å²) in [6.07, 6.45) is 16.6. The lowest BCUT2D eigenvalue weighted by Gasteiger charge is -2.60. The number of ketones is 1. The van der Waals surface area contributed by atoms with Crippen molar-refractivity contribution in [1.82, 2.24) is 0 Å². The molecule has 0 radical (unpaired) electrons. The molecule has 120 valence electrons. The van der Waals surface area contributed by atoms with E-state index in [1.807, 2.05) is 0 Å². The first-order valence-corrected chi connectivity index (χ1v) is 9.47. The molecular formula is C21H30O. The SMILES string of the molecule is C#C[C@H]1CCC2C3CC[C@@H]4CC(=O)CC[C@]4(C)C3CC[C@@]21C. The summed E-state index contributed by atoms with van der Waals surface area (Å²) in [6.45, 7) is 5.02. The first-order valence-electron chi connectivity index (χ1n) is 9.47. The van der Waals surface area contributed by atoms with Gasteiger partial charge in [0, 0.05) is 18.8 Å². The molecule has 1 heteroatoms. The van der Waals surface area contributed by atoms with Crippen LogP contribution in [0.2, 0.25) is 0 Å². The Morgan fingerprint density at radius 1 is 1.00 bits per heavy atom. The average molecular weight is 298 g/mol. The highest BCUT2D eigenvalue weighted by molar-refractivity contribution is 5.79. The summed E-state index contributed by atoms with van der Waals surface area (Å²) >= 11 is 0. The number of terminal acetylenes is 1. The van der Waals surface area contributed by atoms with E-state index in [-0.39, 0.29) is 0 Å². The van der Waals surface area contributed by atoms with Gasteiger partial charge in [-0.25, -0.2) is 0 Å². The minimum absolute atomic E-state index is 0.406. The van der Waals surface area contributed by atoms with Crippen molar-refractivity contribution in [3.05, 3.63) is 0 Å². The van der Waals surface area contributed by atoms with Crippen molar-refractivity contribution in [2.75, 3.05) is 0 Å². The summed E-state index contributed by atoms with van der Waals surface area (Å²) in [7, 11) is 0. The van der Waals surface area contributed by atoms with Crippen LogP contribution < -0.4 is 0 Å². The van der Waals surface area contributed by atoms with Crippen molar-refractivity contribution in [2.24, 2.45) is 40.4 Å². The number of fused-ring (bicyclic) bond motifs is 5. The summed E-state index contributed by atoms with van der Waals surface area (Å²) in [4.78, 5) is 11.9. The lowest BCUT2D eigenvalue weighted by Crippen LogP contribution is -2.53. The summed E-state index contributed by atoms with van der Waals surface area (Å²) in [5.41, 5.74) is 0.843. The third kappa shape index (κ3) is 1.82. The number of carbonyl (C=O) groups is 1. The van der Waals surface area contributed by atoms with Gasteiger partial charge in [-0.2, -0.15) is 0 Å². The van der Waals surface area contributed by atoms with E-state index in [9.17, 15) is 4.79 Å². The quantitative estimate of drug-likeness (QED) is 0.584. The third-order valence-electron chi connectivity index (χ3n) is 8.68. The van der Waals surface area contributed by atoms with Crippen LogP contribution in [0.25, 0.3) is 0 Å². The molecule has 0 aliphatic heterocycles. The number of rotatable bonds is 0. The van der Waals surface area contributed by atoms with Gasteiger partial charge in [0.25, 0.3) is 0 Å². The molecule has 4 aliphatic rings. The molecule has 1 nitrogen and oxygen atoms in total. The van der Waals surface area contributed by atoms with Crippen LogP contribution >= 0.6 is 0 Å². The summed E-state index contributed by atoms with van der Waals surface area (Å²) in [5.74, 6) is 7.42. The molecule has 0 bridgehead atoms. The van der Waals surface area contributed by atoms with Crippen molar-refractivity contribution >= 4 is 5.78 Å². The van der Waals surface area contributed by atoms with Crippen molar-refractivity contribution < 1.29 is 4.79 Å². The Bertz CT molecular complexity index is 529. The molecule has 0 aromatic heterocycles. The van der Waals surface area contributed by atoms with Gasteiger partial charge in [0.15, 0.2) is 0 Å². The first-order chi connectivity index (χ1) is 10.5. The molecular weight excluding hydrogens is 268 g/mol. The summed E-state index contributed by atoms with van der Waals surface area (Å²) in [6, 6.07) is 0. The summed E-state index contributed by atoms with van der Waals surface area (Å²) < 4.78 is 0. The third-order valence-corrected chi connectivity index (χ3v) is 8.68. The molecule has 0 saturated heterocycles. The van der Waals surface area contributed by atoms with E-state index in [4.69, 9.17) is 6.42 Å². The molecule has 0 heterocycles. The molecule has 4 rings (SSSR count). The fraction of sp³-hybridized carbons (Fsp3) is 0.857. The Morgan fingerprint density at radius 2 is 1.77 bits per heavy atom. The monoisotopic (exact) mass is 298 g/mol. The minimum atomic E-state index is 0.406. The van der Waals surface area contributed by atoms with Gasteiger partial charge >= 0.3 is 0 Å². The standard InChI is InChI=1S/C21H30O/c1-4-14-6-8-18-17-7-5-15-13-16(22)9-11-21(15,3)19(17)10-12-20(14,18)2/h1,14-15,17-19H,5-13H2,2-3H3/t14-,15+,17?,18?,19?,20+,21-/m0/s1. The molecule has 0 aromatic rings. The average Bonchev–Trinajstić information content (AvgIpc) is 2.84. The molecule has 7 atom stereocenters. The van der Waals surface area contributed by atoms with E-state index in [0.717, 1.165) is 37.0 Å². The van der Waals surface area contributed by atoms with Crippen LogP contribution in [0.5, 0.6) is 0 Å². The Labute approximate surface area is 135 Å². The van der Waals surface area contributed by atoms with E-state index in [1.165, 1.54) is 38.5 Å². The zero-order chi connectivity index (χ0) is 15.5. The van der Waals surface area contributed by atoms with Crippen LogP contribution in [0.4, 0.5) is 0 Å². The Balaban J connectivity index is 1.64. The zero-order valence-electron chi connectivity index (χ0n) is 14.2. The van der Waals surface area contributed by atoms with E-state index in [1.54, 1.807) is 0 Å². The molecule has 0 N–H and O–H groups in total. The van der Waals surface area contributed by atoms with Crippen LogP contribution in [0, 0.1) is 52.8 Å². The predicted octanol–water partition coefficient (Wildman–Crippen LogP) is 4.85. The molecule has 4 fully saturated rings. The molecule has 4 saturated carbocycles. The molecule has 0 aromatic carbocycles. The van der Waals surface area contributed by atoms with Gasteiger partial charge in [0.1, 0.15) is 5.78 Å². The second-order valence-electron chi connectivity index (χ2n) is 9.24. The number of hydrogen-bond acceptors (Lipinski definition) is 1. The minimum Gasteiger partial charge on any atom is -0.300 e. The maximum absolute atomic E-state index is 11.9. The van der Waals surface area contributed by atoms with E-state index in [2.05, 4.69) is 19.8 Å². The molecule has 0 spiro atoms. The number of Topliss-reactive ketones (excluding diaryl/α,β-unsaturated/α-hetero) is 1. The van der Waals surface area contributed by atoms with Gasteiger partial charge < -0.3 is 0 Å². The summed E-state index contributed by atoms with van der Waals surface area (Å²) in [5, 5.41) is 0. The molecule has 3 unspecified atom stereocenters. The van der Waals surface area contributed by atoms with Crippen molar-refractivity contribution in [2.45, 2.75) is 71.6 Å². The largest absolute Gasteiger partial charge is 0.300 e. The maximum Gasteiger partial charge on any atom is 0.133 e. The second-order valence-corrected chi connectivity index (χ2v) is 9.24. The second kappa shape index (κ2) is 4.86. The number of carbonyl (C=O) groups excluding carboxylic acids is 1. The lowest BCUT2D eigenvalue weighted by atomic mass is 9.45. The van der Waals surface area contributed by atoms with E-state index < -0.39 is 0 Å². The van der Waals surface area contributed by atoms with Crippen molar-refractivity contribution in [3.8, 4) is 12.3 Å². The van der Waals surface area contributed by atoms with Crippen LogP contribution in [0.15, 0.2) is 0 Å². The molecule has 22 heavy (non-hydrogen) atoms. The van der Waals surface area contributed by atoms with Crippen molar-refractivity contribution in [1.29, 1.82) is 0 Å². The van der Waals surface area contributed by atoms with Crippen LogP contribution in [-0.4, -0.2) is 5.78 Å². The highest BCUT2D eigenvalue weighted by Crippen LogP contribution is 2.67. The highest BCUT2D eigenvalue weighted by atomic mass is 16.1. The highest BCUT2D eigenvalue weighted by Gasteiger charge is 2.59. The van der Waals surface area contributed by atoms with E-state index in [0.29, 0.717) is 28.4 Å². The van der Waals surface area contributed by atoms with Gasteiger partial charge in [-0.05, 0) is 79.4 Å². The number of hydrogen-bond donors (Lipinski definition) is 0. The normalized spacial score (nSPS) is 54.0. The first kappa shape index (κ1) is 14.8. The van der Waals surface area contributed by atoms with Gasteiger partial charge in [-0.3, -0.25) is 4.79 Å². The smallest absolute Gasteiger partial charge is 0.133 e. The zero-order valence-corrected chi connectivity index (χ0v) is 14.2. The molecule has 0 amide bonds.